The highest BCUT2D eigenvalue weighted by Crippen LogP contribution is 2.23. The van der Waals surface area contributed by atoms with Crippen molar-refractivity contribution in [3.05, 3.63) is 0 Å². The van der Waals surface area contributed by atoms with Gasteiger partial charge in [0.25, 0.3) is 0 Å². The molecular weight excluding hydrogens is 220 g/mol. The summed E-state index contributed by atoms with van der Waals surface area (Å²) in [5.74, 6) is 0. The van der Waals surface area contributed by atoms with Gasteiger partial charge in [-0.2, -0.15) is 0 Å². The van der Waals surface area contributed by atoms with E-state index >= 15 is 0 Å². The summed E-state index contributed by atoms with van der Waals surface area (Å²) in [6.45, 7) is 18.7. The Hall–Kier alpha value is 0.571. The SMILES string of the molecule is CC1CN([Si](C)(C)C)[SiH2]N1[Si](C)(C)C. The lowest BCUT2D eigenvalue weighted by molar-refractivity contribution is 0.512. The quantitative estimate of drug-likeness (QED) is 0.684. The monoisotopic (exact) mass is 246 g/mol. The molecule has 1 rings (SSSR count). The van der Waals surface area contributed by atoms with Crippen molar-refractivity contribution in [1.82, 2.24) is 8.46 Å². The fourth-order valence-electron chi connectivity index (χ4n) is 2.16. The van der Waals surface area contributed by atoms with Crippen LogP contribution in [0.5, 0.6) is 0 Å². The van der Waals surface area contributed by atoms with Crippen molar-refractivity contribution in [1.29, 1.82) is 0 Å². The highest BCUT2D eigenvalue weighted by molar-refractivity contribution is 6.84. The molecule has 1 unspecified atom stereocenters. The van der Waals surface area contributed by atoms with Crippen LogP contribution in [0.3, 0.4) is 0 Å². The molecule has 0 aromatic rings. The highest BCUT2D eigenvalue weighted by Gasteiger charge is 2.39. The average molecular weight is 247 g/mol. The average Bonchev–Trinajstić information content (AvgIpc) is 2.27. The molecule has 1 fully saturated rings. The van der Waals surface area contributed by atoms with Gasteiger partial charge >= 0.3 is 0 Å². The van der Waals surface area contributed by atoms with Crippen molar-refractivity contribution >= 4 is 26.3 Å². The first kappa shape index (κ1) is 12.6. The van der Waals surface area contributed by atoms with E-state index in [0.29, 0.717) is 0 Å². The Labute approximate surface area is 93.8 Å². The van der Waals surface area contributed by atoms with Crippen molar-refractivity contribution in [2.24, 2.45) is 0 Å². The fourth-order valence-corrected chi connectivity index (χ4v) is 10.4. The zero-order valence-electron chi connectivity index (χ0n) is 10.9. The molecule has 2 nitrogen and oxygen atoms in total. The summed E-state index contributed by atoms with van der Waals surface area (Å²) < 4.78 is 5.77. The van der Waals surface area contributed by atoms with Gasteiger partial charge in [-0.3, -0.25) is 0 Å². The van der Waals surface area contributed by atoms with E-state index in [1.165, 1.54) is 6.54 Å². The minimum atomic E-state index is -1.03. The fraction of sp³-hybridized carbons (Fsp3) is 1.00. The maximum Gasteiger partial charge on any atom is 0.159 e. The molecule has 0 N–H and O–H groups in total. The second-order valence-corrected chi connectivity index (χ2v) is 19.4. The van der Waals surface area contributed by atoms with Crippen molar-refractivity contribution < 1.29 is 0 Å². The predicted octanol–water partition coefficient (Wildman–Crippen LogP) is 1.66. The van der Waals surface area contributed by atoms with Gasteiger partial charge in [0, 0.05) is 12.6 Å². The third kappa shape index (κ3) is 2.79. The minimum Gasteiger partial charge on any atom is -0.337 e. The molecule has 0 aromatic heterocycles. The normalized spacial score (nSPS) is 28.9. The first-order valence-electron chi connectivity index (χ1n) is 5.64. The van der Waals surface area contributed by atoms with Crippen LogP contribution >= 0.6 is 0 Å². The summed E-state index contributed by atoms with van der Waals surface area (Å²) in [6, 6.07) is 0.833. The Morgan fingerprint density at radius 1 is 1.00 bits per heavy atom. The van der Waals surface area contributed by atoms with Crippen molar-refractivity contribution in [2.75, 3.05) is 6.54 Å². The van der Waals surface area contributed by atoms with Gasteiger partial charge in [0.2, 0.25) is 0 Å². The molecule has 1 aliphatic heterocycles. The van der Waals surface area contributed by atoms with Crippen LogP contribution in [-0.4, -0.2) is 47.4 Å². The molecule has 0 bridgehead atoms. The van der Waals surface area contributed by atoms with Gasteiger partial charge in [0.1, 0.15) is 16.5 Å². The topological polar surface area (TPSA) is 6.48 Å². The Bertz CT molecular complexity index is 207. The van der Waals surface area contributed by atoms with Crippen LogP contribution in [0.15, 0.2) is 0 Å². The number of hydrogen-bond donors (Lipinski definition) is 0. The zero-order chi connectivity index (χ0) is 11.1. The largest absolute Gasteiger partial charge is 0.337 e. The lowest BCUT2D eigenvalue weighted by Crippen LogP contribution is -2.53. The summed E-state index contributed by atoms with van der Waals surface area (Å²) >= 11 is 0. The molecule has 1 saturated heterocycles. The summed E-state index contributed by atoms with van der Waals surface area (Å²) in [7, 11) is -2.14. The van der Waals surface area contributed by atoms with Gasteiger partial charge in [-0.25, -0.2) is 0 Å². The summed E-state index contributed by atoms with van der Waals surface area (Å²) in [5, 5.41) is 0. The van der Waals surface area contributed by atoms with Crippen LogP contribution in [0, 0.1) is 0 Å². The van der Waals surface area contributed by atoms with Crippen molar-refractivity contribution in [2.45, 2.75) is 52.2 Å². The van der Waals surface area contributed by atoms with Crippen LogP contribution < -0.4 is 0 Å². The molecule has 14 heavy (non-hydrogen) atoms. The molecule has 0 amide bonds. The lowest BCUT2D eigenvalue weighted by atomic mass is 10.4. The van der Waals surface area contributed by atoms with Crippen LogP contribution in [0.2, 0.25) is 39.3 Å². The molecule has 0 radical (unpaired) electrons. The first-order chi connectivity index (χ1) is 6.12. The molecule has 0 aromatic carbocycles. The lowest BCUT2D eigenvalue weighted by Gasteiger charge is -2.34. The van der Waals surface area contributed by atoms with Crippen LogP contribution in [-0.2, 0) is 0 Å². The van der Waals surface area contributed by atoms with E-state index in [-0.39, 0.29) is 9.84 Å². The van der Waals surface area contributed by atoms with Gasteiger partial charge in [-0.1, -0.05) is 39.3 Å². The van der Waals surface area contributed by atoms with Gasteiger partial charge in [-0.05, 0) is 6.92 Å². The Kier molecular flexibility index (Phi) is 3.48. The van der Waals surface area contributed by atoms with Crippen molar-refractivity contribution in [3.63, 3.8) is 0 Å². The third-order valence-electron chi connectivity index (χ3n) is 3.15. The van der Waals surface area contributed by atoms with Crippen LogP contribution in [0.1, 0.15) is 6.92 Å². The van der Waals surface area contributed by atoms with E-state index in [1.807, 2.05) is 0 Å². The number of rotatable bonds is 2. The van der Waals surface area contributed by atoms with Crippen LogP contribution in [0.25, 0.3) is 0 Å². The maximum absolute atomic E-state index is 2.89. The Morgan fingerprint density at radius 3 is 1.71 bits per heavy atom. The molecule has 5 heteroatoms. The Balaban J connectivity index is 2.70. The Morgan fingerprint density at radius 2 is 1.50 bits per heavy atom. The molecule has 0 spiro atoms. The maximum atomic E-state index is 2.89. The van der Waals surface area contributed by atoms with E-state index in [1.54, 1.807) is 0 Å². The van der Waals surface area contributed by atoms with Crippen LogP contribution in [0.4, 0.5) is 0 Å². The number of nitrogens with zero attached hydrogens (tertiary/aromatic N) is 2. The van der Waals surface area contributed by atoms with Gasteiger partial charge in [0.05, 0.1) is 0 Å². The third-order valence-corrected chi connectivity index (χ3v) is 15.5. The summed E-state index contributed by atoms with van der Waals surface area (Å²) in [5.41, 5.74) is 0. The minimum absolute atomic E-state index is 0.0945. The van der Waals surface area contributed by atoms with Gasteiger partial charge in [0.15, 0.2) is 9.84 Å². The van der Waals surface area contributed by atoms with Crippen molar-refractivity contribution in [3.8, 4) is 0 Å². The standard InChI is InChI=1S/C9H26N2Si3/c1-9-8-10(13(2,3)4)12-11(9)14(5,6)7/h9H,8,12H2,1-7H3. The van der Waals surface area contributed by atoms with Gasteiger partial charge < -0.3 is 8.46 Å². The number of hydrogen-bond acceptors (Lipinski definition) is 2. The molecule has 1 heterocycles. The smallest absolute Gasteiger partial charge is 0.159 e. The second kappa shape index (κ2) is 3.86. The summed E-state index contributed by atoms with van der Waals surface area (Å²) in [6.07, 6.45) is 0. The predicted molar refractivity (Wildman–Crippen MR) is 73.2 cm³/mol. The molecule has 84 valence electrons. The molecule has 0 saturated carbocycles. The van der Waals surface area contributed by atoms with Gasteiger partial charge in [-0.15, -0.1) is 0 Å². The molecule has 0 aliphatic carbocycles. The first-order valence-corrected chi connectivity index (χ1v) is 13.8. The van der Waals surface area contributed by atoms with E-state index in [2.05, 4.69) is 54.7 Å². The highest BCUT2D eigenvalue weighted by atomic mass is 28.4. The zero-order valence-corrected chi connectivity index (χ0v) is 14.3. The van der Waals surface area contributed by atoms with E-state index in [4.69, 9.17) is 0 Å². The van der Waals surface area contributed by atoms with E-state index in [9.17, 15) is 0 Å². The molecule has 1 aliphatic rings. The molecule has 1 atom stereocenters. The van der Waals surface area contributed by atoms with E-state index < -0.39 is 16.5 Å². The van der Waals surface area contributed by atoms with E-state index in [0.717, 1.165) is 6.04 Å². The second-order valence-electron chi connectivity index (χ2n) is 6.52. The molecular formula is C9H26N2Si3. The summed E-state index contributed by atoms with van der Waals surface area (Å²) in [4.78, 5) is 0.